The first-order valence-corrected chi connectivity index (χ1v) is 9.52. The lowest BCUT2D eigenvalue weighted by molar-refractivity contribution is -0.119. The first-order valence-electron chi connectivity index (χ1n) is 8.04. The van der Waals surface area contributed by atoms with Crippen LogP contribution in [0, 0.1) is 0 Å². The van der Waals surface area contributed by atoms with E-state index >= 15 is 0 Å². The Morgan fingerprint density at radius 3 is 2.48 bits per heavy atom. The minimum atomic E-state index is -3.94. The minimum absolute atomic E-state index is 0.0233. The molecule has 1 N–H and O–H groups in total. The molecule has 0 spiro atoms. The number of nitrogens with one attached hydrogen (secondary N) is 1. The molecule has 2 aromatic rings. The highest BCUT2D eigenvalue weighted by Gasteiger charge is 2.20. The van der Waals surface area contributed by atoms with Crippen molar-refractivity contribution in [2.75, 3.05) is 13.2 Å². The van der Waals surface area contributed by atoms with Crippen molar-refractivity contribution in [2.45, 2.75) is 24.2 Å². The zero-order valence-corrected chi connectivity index (χ0v) is 14.4. The molecule has 1 aliphatic rings. The van der Waals surface area contributed by atoms with Crippen molar-refractivity contribution in [3.63, 3.8) is 0 Å². The van der Waals surface area contributed by atoms with Crippen molar-refractivity contribution in [2.24, 2.45) is 0 Å². The molecule has 7 heteroatoms. The van der Waals surface area contributed by atoms with Crippen LogP contribution in [0.25, 0.3) is 0 Å². The van der Waals surface area contributed by atoms with Crippen LogP contribution in [0.3, 0.4) is 0 Å². The SMILES string of the molecule is O=C(CCc1ccccc1)NS(=O)(=O)c1ccc2c(c1)OCCCO2. The van der Waals surface area contributed by atoms with Crippen LogP contribution in [-0.4, -0.2) is 27.5 Å². The molecular weight excluding hydrogens is 342 g/mol. The zero-order valence-electron chi connectivity index (χ0n) is 13.6. The first kappa shape index (κ1) is 17.3. The average molecular weight is 361 g/mol. The summed E-state index contributed by atoms with van der Waals surface area (Å²) in [5.74, 6) is 0.333. The second-order valence-electron chi connectivity index (χ2n) is 5.67. The summed E-state index contributed by atoms with van der Waals surface area (Å²) in [7, 11) is -3.94. The van der Waals surface area contributed by atoms with E-state index in [4.69, 9.17) is 9.47 Å². The predicted octanol–water partition coefficient (Wildman–Crippen LogP) is 2.29. The summed E-state index contributed by atoms with van der Waals surface area (Å²) in [5, 5.41) is 0. The third kappa shape index (κ3) is 4.51. The Labute approximate surface area is 146 Å². The quantitative estimate of drug-likeness (QED) is 0.884. The highest BCUT2D eigenvalue weighted by Crippen LogP contribution is 2.31. The number of sulfonamides is 1. The molecular formula is C18H19NO5S. The van der Waals surface area contributed by atoms with Crippen molar-refractivity contribution in [1.29, 1.82) is 0 Å². The highest BCUT2D eigenvalue weighted by atomic mass is 32.2. The molecule has 3 rings (SSSR count). The van der Waals surface area contributed by atoms with Gasteiger partial charge < -0.3 is 9.47 Å². The van der Waals surface area contributed by atoms with Crippen molar-refractivity contribution >= 4 is 15.9 Å². The Balaban J connectivity index is 1.67. The summed E-state index contributed by atoms with van der Waals surface area (Å²) in [6.07, 6.45) is 1.30. The molecule has 0 aromatic heterocycles. The van der Waals surface area contributed by atoms with Crippen molar-refractivity contribution in [3.05, 3.63) is 54.1 Å². The summed E-state index contributed by atoms with van der Waals surface area (Å²) in [5.41, 5.74) is 0.977. The number of ether oxygens (including phenoxy) is 2. The monoisotopic (exact) mass is 361 g/mol. The first-order chi connectivity index (χ1) is 12.0. The number of benzene rings is 2. The van der Waals surface area contributed by atoms with Gasteiger partial charge >= 0.3 is 0 Å². The van der Waals surface area contributed by atoms with Crippen LogP contribution in [0.15, 0.2) is 53.4 Å². The number of aryl methyl sites for hydroxylation is 1. The maximum Gasteiger partial charge on any atom is 0.264 e. The maximum atomic E-state index is 12.4. The molecule has 1 aliphatic heterocycles. The van der Waals surface area contributed by atoms with E-state index in [1.807, 2.05) is 30.3 Å². The van der Waals surface area contributed by atoms with Crippen LogP contribution in [-0.2, 0) is 21.2 Å². The fraction of sp³-hybridized carbons (Fsp3) is 0.278. The Bertz CT molecular complexity index is 849. The van der Waals surface area contributed by atoms with Gasteiger partial charge in [-0.2, -0.15) is 0 Å². The Morgan fingerprint density at radius 1 is 1.00 bits per heavy atom. The number of hydrogen-bond acceptors (Lipinski definition) is 5. The minimum Gasteiger partial charge on any atom is -0.490 e. The van der Waals surface area contributed by atoms with Gasteiger partial charge in [-0.15, -0.1) is 0 Å². The lowest BCUT2D eigenvalue weighted by Crippen LogP contribution is -2.30. The summed E-state index contributed by atoms with van der Waals surface area (Å²) in [6.45, 7) is 0.981. The zero-order chi connectivity index (χ0) is 17.7. The summed E-state index contributed by atoms with van der Waals surface area (Å²) >= 11 is 0. The van der Waals surface area contributed by atoms with Crippen LogP contribution in [0.4, 0.5) is 0 Å². The smallest absolute Gasteiger partial charge is 0.264 e. The van der Waals surface area contributed by atoms with E-state index in [9.17, 15) is 13.2 Å². The van der Waals surface area contributed by atoms with Crippen molar-refractivity contribution in [3.8, 4) is 11.5 Å². The van der Waals surface area contributed by atoms with Crippen molar-refractivity contribution in [1.82, 2.24) is 4.72 Å². The lowest BCUT2D eigenvalue weighted by atomic mass is 10.1. The standard InChI is InChI=1S/C18H19NO5S/c20-18(10-7-14-5-2-1-3-6-14)19-25(21,22)15-8-9-16-17(13-15)24-12-4-11-23-16/h1-3,5-6,8-9,13H,4,7,10-12H2,(H,19,20). The van der Waals surface area contributed by atoms with Crippen LogP contribution in [0.2, 0.25) is 0 Å². The summed E-state index contributed by atoms with van der Waals surface area (Å²) in [4.78, 5) is 12.0. The largest absolute Gasteiger partial charge is 0.490 e. The van der Waals surface area contributed by atoms with Gasteiger partial charge in [0, 0.05) is 18.9 Å². The molecule has 0 saturated carbocycles. The number of carbonyl (C=O) groups excluding carboxylic acids is 1. The van der Waals surface area contributed by atoms with Crippen LogP contribution in [0.1, 0.15) is 18.4 Å². The number of rotatable bonds is 5. The maximum absolute atomic E-state index is 12.4. The Hall–Kier alpha value is -2.54. The van der Waals surface area contributed by atoms with Gasteiger partial charge in [0.15, 0.2) is 11.5 Å². The van der Waals surface area contributed by atoms with E-state index in [0.717, 1.165) is 12.0 Å². The molecule has 2 aromatic carbocycles. The summed E-state index contributed by atoms with van der Waals surface area (Å²) < 4.78 is 37.9. The van der Waals surface area contributed by atoms with E-state index < -0.39 is 15.9 Å². The molecule has 0 aliphatic carbocycles. The molecule has 25 heavy (non-hydrogen) atoms. The van der Waals surface area contributed by atoms with E-state index in [-0.39, 0.29) is 11.3 Å². The molecule has 0 unspecified atom stereocenters. The normalized spacial score (nSPS) is 13.8. The number of hydrogen-bond donors (Lipinski definition) is 1. The second kappa shape index (κ2) is 7.57. The highest BCUT2D eigenvalue weighted by molar-refractivity contribution is 7.90. The fourth-order valence-corrected chi connectivity index (χ4v) is 3.50. The predicted molar refractivity (Wildman–Crippen MR) is 92.1 cm³/mol. The Kier molecular flexibility index (Phi) is 5.23. The molecule has 0 radical (unpaired) electrons. The topological polar surface area (TPSA) is 81.7 Å². The van der Waals surface area contributed by atoms with E-state index in [1.165, 1.54) is 12.1 Å². The number of amides is 1. The lowest BCUT2D eigenvalue weighted by Gasteiger charge is -2.11. The molecule has 0 atom stereocenters. The molecule has 132 valence electrons. The van der Waals surface area contributed by atoms with Gasteiger partial charge in [0.2, 0.25) is 5.91 Å². The molecule has 1 amide bonds. The van der Waals surface area contributed by atoms with Gasteiger partial charge in [0.05, 0.1) is 18.1 Å². The van der Waals surface area contributed by atoms with Gasteiger partial charge in [0.25, 0.3) is 10.0 Å². The van der Waals surface area contributed by atoms with Crippen LogP contribution in [0.5, 0.6) is 11.5 Å². The number of fused-ring (bicyclic) bond motifs is 1. The van der Waals surface area contributed by atoms with E-state index in [2.05, 4.69) is 4.72 Å². The van der Waals surface area contributed by atoms with Crippen LogP contribution >= 0.6 is 0 Å². The van der Waals surface area contributed by atoms with E-state index in [0.29, 0.717) is 31.1 Å². The Morgan fingerprint density at radius 2 is 1.72 bits per heavy atom. The van der Waals surface area contributed by atoms with E-state index in [1.54, 1.807) is 6.07 Å². The fourth-order valence-electron chi connectivity index (χ4n) is 2.47. The molecule has 0 bridgehead atoms. The molecule has 1 heterocycles. The van der Waals surface area contributed by atoms with Crippen molar-refractivity contribution < 1.29 is 22.7 Å². The third-order valence-electron chi connectivity index (χ3n) is 3.76. The summed E-state index contributed by atoms with van der Waals surface area (Å²) in [6, 6.07) is 13.8. The van der Waals surface area contributed by atoms with Gasteiger partial charge in [-0.1, -0.05) is 30.3 Å². The molecule has 6 nitrogen and oxygen atoms in total. The van der Waals surface area contributed by atoms with Crippen LogP contribution < -0.4 is 14.2 Å². The second-order valence-corrected chi connectivity index (χ2v) is 7.36. The number of carbonyl (C=O) groups is 1. The van der Waals surface area contributed by atoms with Gasteiger partial charge in [-0.25, -0.2) is 13.1 Å². The third-order valence-corrected chi connectivity index (χ3v) is 5.13. The van der Waals surface area contributed by atoms with Gasteiger partial charge in [-0.3, -0.25) is 4.79 Å². The van der Waals surface area contributed by atoms with Gasteiger partial charge in [0.1, 0.15) is 0 Å². The average Bonchev–Trinajstić information content (AvgIpc) is 2.85. The molecule has 0 fully saturated rings. The van der Waals surface area contributed by atoms with Gasteiger partial charge in [-0.05, 0) is 24.1 Å². The molecule has 0 saturated heterocycles.